The molecule has 0 aromatic heterocycles. The smallest absolute Gasteiger partial charge is 0.390 e. The fourth-order valence-corrected chi connectivity index (χ4v) is 2.83. The van der Waals surface area contributed by atoms with E-state index in [0.29, 0.717) is 6.07 Å². The average molecular weight is 327 g/mol. The van der Waals surface area contributed by atoms with Crippen LogP contribution in [0.15, 0.2) is 23.1 Å². The number of nitrogen functional groups attached to an aromatic ring is 1. The zero-order valence-electron chi connectivity index (χ0n) is 10.7. The molecule has 1 unspecified atom stereocenters. The van der Waals surface area contributed by atoms with E-state index in [1.54, 1.807) is 4.72 Å². The first-order valence-corrected chi connectivity index (χ1v) is 7.03. The number of benzene rings is 1. The van der Waals surface area contributed by atoms with Crippen LogP contribution in [0.4, 0.5) is 24.5 Å². The Kier molecular flexibility index (Phi) is 4.79. The maximum atomic E-state index is 12.2. The number of nitro groups is 1. The zero-order valence-corrected chi connectivity index (χ0v) is 11.5. The second kappa shape index (κ2) is 5.85. The van der Waals surface area contributed by atoms with Crippen molar-refractivity contribution in [3.63, 3.8) is 0 Å². The van der Waals surface area contributed by atoms with E-state index in [1.807, 2.05) is 0 Å². The van der Waals surface area contributed by atoms with Gasteiger partial charge in [0.15, 0.2) is 0 Å². The first-order valence-electron chi connectivity index (χ1n) is 5.55. The minimum Gasteiger partial charge on any atom is -0.393 e. The third-order valence-corrected chi connectivity index (χ3v) is 3.99. The van der Waals surface area contributed by atoms with Gasteiger partial charge in [0.1, 0.15) is 5.69 Å². The van der Waals surface area contributed by atoms with Crippen molar-refractivity contribution in [2.75, 3.05) is 5.73 Å². The largest absolute Gasteiger partial charge is 0.393 e. The number of sulfonamides is 1. The fraction of sp³-hybridized carbons (Fsp3) is 0.400. The Balaban J connectivity index is 3.04. The van der Waals surface area contributed by atoms with Crippen molar-refractivity contribution in [3.05, 3.63) is 28.3 Å². The van der Waals surface area contributed by atoms with Crippen molar-refractivity contribution in [2.45, 2.75) is 30.5 Å². The van der Waals surface area contributed by atoms with E-state index in [0.717, 1.165) is 19.1 Å². The Labute approximate surface area is 118 Å². The molecule has 21 heavy (non-hydrogen) atoms. The number of hydrogen-bond donors (Lipinski definition) is 2. The Morgan fingerprint density at radius 1 is 1.43 bits per heavy atom. The van der Waals surface area contributed by atoms with Crippen molar-refractivity contribution in [2.24, 2.45) is 0 Å². The van der Waals surface area contributed by atoms with Crippen molar-refractivity contribution in [3.8, 4) is 0 Å². The van der Waals surface area contributed by atoms with Gasteiger partial charge in [0.25, 0.3) is 5.69 Å². The Morgan fingerprint density at radius 2 is 2.00 bits per heavy atom. The normalized spacial score (nSPS) is 13.9. The number of nitro benzene ring substituents is 1. The summed E-state index contributed by atoms with van der Waals surface area (Å²) >= 11 is 0. The average Bonchev–Trinajstić information content (AvgIpc) is 2.24. The van der Waals surface area contributed by atoms with Gasteiger partial charge in [-0.1, -0.05) is 0 Å². The van der Waals surface area contributed by atoms with E-state index in [-0.39, 0.29) is 5.69 Å². The van der Waals surface area contributed by atoms with Crippen LogP contribution in [0, 0.1) is 10.1 Å². The molecular formula is C10H12F3N3O4S. The third-order valence-electron chi connectivity index (χ3n) is 2.40. The van der Waals surface area contributed by atoms with E-state index >= 15 is 0 Å². The lowest BCUT2D eigenvalue weighted by Gasteiger charge is -2.16. The van der Waals surface area contributed by atoms with Crippen molar-refractivity contribution >= 4 is 21.4 Å². The molecule has 1 atom stereocenters. The summed E-state index contributed by atoms with van der Waals surface area (Å²) in [5.41, 5.74) is 4.43. The van der Waals surface area contributed by atoms with E-state index < -0.39 is 44.2 Å². The minimum atomic E-state index is -4.53. The molecule has 0 fully saturated rings. The number of hydrogen-bond acceptors (Lipinski definition) is 5. The molecule has 0 heterocycles. The molecule has 1 rings (SSSR count). The van der Waals surface area contributed by atoms with E-state index in [9.17, 15) is 31.7 Å². The second-order valence-corrected chi connectivity index (χ2v) is 6.03. The van der Waals surface area contributed by atoms with Gasteiger partial charge < -0.3 is 5.73 Å². The number of rotatable bonds is 5. The number of halogens is 3. The molecule has 0 aliphatic rings. The van der Waals surface area contributed by atoms with E-state index in [1.165, 1.54) is 0 Å². The third kappa shape index (κ3) is 4.86. The molecule has 0 amide bonds. The summed E-state index contributed by atoms with van der Waals surface area (Å²) in [5.74, 6) is 0. The lowest BCUT2D eigenvalue weighted by Crippen LogP contribution is -2.35. The van der Waals surface area contributed by atoms with E-state index in [2.05, 4.69) is 0 Å². The predicted molar refractivity (Wildman–Crippen MR) is 68.0 cm³/mol. The molecule has 0 saturated heterocycles. The SMILES string of the molecule is CC(CC(F)(F)F)NS(=O)(=O)c1ccc(N)c([N+](=O)[O-])c1. The lowest BCUT2D eigenvalue weighted by atomic mass is 10.2. The first kappa shape index (κ1) is 17.2. The molecule has 0 spiro atoms. The topological polar surface area (TPSA) is 115 Å². The van der Waals surface area contributed by atoms with Crippen LogP contribution in [0.25, 0.3) is 0 Å². The Morgan fingerprint density at radius 3 is 2.48 bits per heavy atom. The highest BCUT2D eigenvalue weighted by Gasteiger charge is 2.32. The highest BCUT2D eigenvalue weighted by atomic mass is 32.2. The van der Waals surface area contributed by atoms with Crippen molar-refractivity contribution < 1.29 is 26.5 Å². The second-order valence-electron chi connectivity index (χ2n) is 4.32. The molecule has 0 bridgehead atoms. The lowest BCUT2D eigenvalue weighted by molar-refractivity contribution is -0.384. The van der Waals surface area contributed by atoms with Gasteiger partial charge in [-0.15, -0.1) is 0 Å². The van der Waals surface area contributed by atoms with E-state index in [4.69, 9.17) is 5.73 Å². The van der Waals surface area contributed by atoms with Gasteiger partial charge in [0, 0.05) is 12.1 Å². The van der Waals surface area contributed by atoms with Gasteiger partial charge in [-0.25, -0.2) is 13.1 Å². The Hall–Kier alpha value is -1.88. The van der Waals surface area contributed by atoms with Gasteiger partial charge in [0.05, 0.1) is 16.2 Å². The van der Waals surface area contributed by atoms with Crippen LogP contribution in [-0.4, -0.2) is 25.6 Å². The van der Waals surface area contributed by atoms with Crippen molar-refractivity contribution in [1.29, 1.82) is 0 Å². The first-order chi connectivity index (χ1) is 9.42. The van der Waals surface area contributed by atoms with Gasteiger partial charge in [-0.3, -0.25) is 10.1 Å². The molecule has 1 aromatic carbocycles. The number of alkyl halides is 3. The summed E-state index contributed by atoms with van der Waals surface area (Å²) < 4.78 is 62.0. The molecule has 0 saturated carbocycles. The van der Waals surface area contributed by atoms with Crippen molar-refractivity contribution in [1.82, 2.24) is 4.72 Å². The van der Waals surface area contributed by atoms with Gasteiger partial charge in [0.2, 0.25) is 10.0 Å². The van der Waals surface area contributed by atoms with Crippen LogP contribution in [0.5, 0.6) is 0 Å². The summed E-state index contributed by atoms with van der Waals surface area (Å²) in [7, 11) is -4.31. The van der Waals surface area contributed by atoms with Crippen LogP contribution >= 0.6 is 0 Å². The highest BCUT2D eigenvalue weighted by Crippen LogP contribution is 2.26. The summed E-state index contributed by atoms with van der Waals surface area (Å²) in [6, 6.07) is 1.26. The molecule has 0 aliphatic carbocycles. The zero-order chi connectivity index (χ0) is 16.4. The maximum Gasteiger partial charge on any atom is 0.390 e. The van der Waals surface area contributed by atoms with Gasteiger partial charge in [-0.2, -0.15) is 13.2 Å². The molecule has 1 aromatic rings. The number of nitrogens with zero attached hydrogens (tertiary/aromatic N) is 1. The van der Waals surface area contributed by atoms with Crippen LogP contribution in [0.1, 0.15) is 13.3 Å². The number of anilines is 1. The monoisotopic (exact) mass is 327 g/mol. The van der Waals surface area contributed by atoms with Crippen LogP contribution < -0.4 is 10.5 Å². The van der Waals surface area contributed by atoms with Crippen LogP contribution in [0.2, 0.25) is 0 Å². The molecule has 118 valence electrons. The minimum absolute atomic E-state index is 0.248. The molecule has 0 radical (unpaired) electrons. The molecule has 7 nitrogen and oxygen atoms in total. The molecule has 3 N–H and O–H groups in total. The summed E-state index contributed by atoms with van der Waals surface area (Å²) in [4.78, 5) is 9.26. The highest BCUT2D eigenvalue weighted by molar-refractivity contribution is 7.89. The van der Waals surface area contributed by atoms with Crippen LogP contribution in [0.3, 0.4) is 0 Å². The van der Waals surface area contributed by atoms with Crippen LogP contribution in [-0.2, 0) is 10.0 Å². The van der Waals surface area contributed by atoms with Gasteiger partial charge >= 0.3 is 6.18 Å². The standard InChI is InChI=1S/C10H12F3N3O4S/c1-6(5-10(11,12)13)15-21(19,20)7-2-3-8(14)9(4-7)16(17)18/h2-4,6,15H,5,14H2,1H3. The fourth-order valence-electron chi connectivity index (χ4n) is 1.57. The molecular weight excluding hydrogens is 315 g/mol. The quantitative estimate of drug-likeness (QED) is 0.486. The number of nitrogens with one attached hydrogen (secondary N) is 1. The van der Waals surface area contributed by atoms with Gasteiger partial charge in [-0.05, 0) is 19.1 Å². The summed E-state index contributed by atoms with van der Waals surface area (Å²) in [5, 5.41) is 10.7. The number of nitrogens with two attached hydrogens (primary N) is 1. The predicted octanol–water partition coefficient (Wildman–Crippen LogP) is 1.80. The Bertz CT molecular complexity index is 645. The summed E-state index contributed by atoms with van der Waals surface area (Å²) in [6.07, 6.45) is -5.89. The molecule has 11 heteroatoms. The molecule has 0 aliphatic heterocycles. The summed E-state index contributed by atoms with van der Waals surface area (Å²) in [6.45, 7) is 1.04. The maximum absolute atomic E-state index is 12.2.